The van der Waals surface area contributed by atoms with Crippen molar-refractivity contribution in [3.63, 3.8) is 0 Å². The van der Waals surface area contributed by atoms with Crippen molar-refractivity contribution in [2.75, 3.05) is 6.61 Å². The smallest absolute Gasteiger partial charge is 0.338 e. The number of carbonyl (C=O) groups is 1. The predicted octanol–water partition coefficient (Wildman–Crippen LogP) is 4.07. The monoisotopic (exact) mass is 484 g/mol. The number of ether oxygens (including phenoxy) is 1. The molecule has 0 amide bonds. The molecule has 0 fully saturated rings. The minimum atomic E-state index is -0.726. The van der Waals surface area contributed by atoms with Crippen molar-refractivity contribution in [3.8, 4) is 0 Å². The molecule has 0 radical (unpaired) electrons. The molecule has 0 aliphatic carbocycles. The zero-order chi connectivity index (χ0) is 24.4. The molecule has 1 aliphatic rings. The number of carbonyl (C=O) groups excluding carboxylic acids is 1. The van der Waals surface area contributed by atoms with Gasteiger partial charge in [0.15, 0.2) is 4.80 Å². The summed E-state index contributed by atoms with van der Waals surface area (Å²) in [7, 11) is 0. The van der Waals surface area contributed by atoms with Gasteiger partial charge in [0, 0.05) is 5.56 Å². The van der Waals surface area contributed by atoms with Crippen LogP contribution in [0.2, 0.25) is 0 Å². The van der Waals surface area contributed by atoms with E-state index >= 15 is 0 Å². The maximum Gasteiger partial charge on any atom is 0.338 e. The molecule has 1 aromatic heterocycles. The number of esters is 1. The van der Waals surface area contributed by atoms with Gasteiger partial charge in [0.05, 0.1) is 28.5 Å². The van der Waals surface area contributed by atoms with Crippen LogP contribution < -0.4 is 14.9 Å². The molecular formula is C28H21FN2O3S. The van der Waals surface area contributed by atoms with Gasteiger partial charge in [0.1, 0.15) is 5.82 Å². The molecule has 4 aromatic rings. The van der Waals surface area contributed by atoms with Crippen LogP contribution >= 0.6 is 11.3 Å². The average molecular weight is 485 g/mol. The zero-order valence-corrected chi connectivity index (χ0v) is 19.7. The van der Waals surface area contributed by atoms with Crippen molar-refractivity contribution in [3.05, 3.63) is 133 Å². The first-order chi connectivity index (χ1) is 17.1. The molecule has 5 rings (SSSR count). The molecule has 0 saturated carbocycles. The number of hydrogen-bond donors (Lipinski definition) is 0. The van der Waals surface area contributed by atoms with E-state index in [0.717, 1.165) is 11.1 Å². The minimum Gasteiger partial charge on any atom is -0.463 e. The van der Waals surface area contributed by atoms with Crippen LogP contribution in [0.15, 0.2) is 100 Å². The lowest BCUT2D eigenvalue weighted by atomic mass is 9.93. The molecule has 7 heteroatoms. The van der Waals surface area contributed by atoms with Gasteiger partial charge in [-0.05, 0) is 36.3 Å². The highest BCUT2D eigenvalue weighted by Gasteiger charge is 2.35. The molecule has 174 valence electrons. The zero-order valence-electron chi connectivity index (χ0n) is 18.9. The van der Waals surface area contributed by atoms with E-state index in [4.69, 9.17) is 9.73 Å². The van der Waals surface area contributed by atoms with E-state index in [-0.39, 0.29) is 18.0 Å². The number of hydrogen-bond acceptors (Lipinski definition) is 5. The van der Waals surface area contributed by atoms with Gasteiger partial charge in [-0.2, -0.15) is 0 Å². The van der Waals surface area contributed by atoms with Crippen LogP contribution in [0.25, 0.3) is 11.8 Å². The number of nitrogens with zero attached hydrogens (tertiary/aromatic N) is 2. The fourth-order valence-corrected chi connectivity index (χ4v) is 5.14. The molecule has 0 N–H and O–H groups in total. The molecule has 35 heavy (non-hydrogen) atoms. The third-order valence-corrected chi connectivity index (χ3v) is 6.62. The molecular weight excluding hydrogens is 463 g/mol. The average Bonchev–Trinajstić information content (AvgIpc) is 3.18. The molecule has 3 aromatic carbocycles. The molecule has 5 nitrogen and oxygen atoms in total. The SMILES string of the molecule is CCOC(=O)C1=C(c2ccccc2)N=c2s/c(=C\c3cccc(F)c3)c(=O)n2[C@@H]1c1ccccc1. The standard InChI is InChI=1S/C28H21FN2O3S/c1-2-34-27(33)23-24(19-11-5-3-6-12-19)30-28-31(25(23)20-13-7-4-8-14-20)26(32)22(35-28)17-18-10-9-15-21(29)16-18/h3-17,25H,2H2,1H3/b22-17-/t25-/m1/s1. The highest BCUT2D eigenvalue weighted by molar-refractivity contribution is 7.07. The lowest BCUT2D eigenvalue weighted by Gasteiger charge is -2.25. The summed E-state index contributed by atoms with van der Waals surface area (Å²) in [6.07, 6.45) is 1.64. The Bertz CT molecular complexity index is 1610. The van der Waals surface area contributed by atoms with Crippen LogP contribution in [0.1, 0.15) is 29.7 Å². The van der Waals surface area contributed by atoms with E-state index in [1.165, 1.54) is 28.0 Å². The second kappa shape index (κ2) is 9.64. The Labute approximate surface area is 204 Å². The Morgan fingerprint density at radius 1 is 1.06 bits per heavy atom. The van der Waals surface area contributed by atoms with E-state index in [9.17, 15) is 14.0 Å². The van der Waals surface area contributed by atoms with Crippen LogP contribution in [0, 0.1) is 5.82 Å². The molecule has 0 bridgehead atoms. The van der Waals surface area contributed by atoms with Gasteiger partial charge in [-0.15, -0.1) is 0 Å². The van der Waals surface area contributed by atoms with E-state index in [2.05, 4.69) is 0 Å². The van der Waals surface area contributed by atoms with Gasteiger partial charge in [-0.3, -0.25) is 9.36 Å². The summed E-state index contributed by atoms with van der Waals surface area (Å²) in [4.78, 5) is 32.2. The number of thiazole rings is 1. The molecule has 1 aliphatic heterocycles. The van der Waals surface area contributed by atoms with Crippen LogP contribution in [0.5, 0.6) is 0 Å². The largest absolute Gasteiger partial charge is 0.463 e. The molecule has 0 unspecified atom stereocenters. The third kappa shape index (κ3) is 4.38. The quantitative estimate of drug-likeness (QED) is 0.401. The summed E-state index contributed by atoms with van der Waals surface area (Å²) in [6.45, 7) is 1.93. The summed E-state index contributed by atoms with van der Waals surface area (Å²) in [5, 5.41) is 0. The maximum atomic E-state index is 13.8. The first-order valence-electron chi connectivity index (χ1n) is 11.2. The number of halogens is 1. The fraction of sp³-hybridized carbons (Fsp3) is 0.107. The number of aromatic nitrogens is 1. The van der Waals surface area contributed by atoms with Gasteiger partial charge in [0.2, 0.25) is 0 Å². The van der Waals surface area contributed by atoms with Crippen LogP contribution in [-0.4, -0.2) is 17.1 Å². The van der Waals surface area contributed by atoms with Crippen LogP contribution in [-0.2, 0) is 9.53 Å². The Morgan fingerprint density at radius 3 is 2.46 bits per heavy atom. The van der Waals surface area contributed by atoms with Crippen molar-refractivity contribution in [2.45, 2.75) is 13.0 Å². The summed E-state index contributed by atoms with van der Waals surface area (Å²) in [5.41, 5.74) is 2.54. The fourth-order valence-electron chi connectivity index (χ4n) is 4.14. The van der Waals surface area contributed by atoms with Crippen molar-refractivity contribution in [2.24, 2.45) is 4.99 Å². The second-order valence-corrected chi connectivity index (χ2v) is 8.91. The van der Waals surface area contributed by atoms with Crippen molar-refractivity contribution in [1.29, 1.82) is 0 Å². The topological polar surface area (TPSA) is 60.7 Å². The lowest BCUT2D eigenvalue weighted by molar-refractivity contribution is -0.138. The highest BCUT2D eigenvalue weighted by Crippen LogP contribution is 2.34. The predicted molar refractivity (Wildman–Crippen MR) is 134 cm³/mol. The van der Waals surface area contributed by atoms with E-state index in [1.54, 1.807) is 25.1 Å². The lowest BCUT2D eigenvalue weighted by Crippen LogP contribution is -2.39. The molecule has 1 atom stereocenters. The Balaban J connectivity index is 1.83. The summed E-state index contributed by atoms with van der Waals surface area (Å²) in [5.74, 6) is -0.909. The van der Waals surface area contributed by atoms with Gasteiger partial charge >= 0.3 is 5.97 Å². The summed E-state index contributed by atoms with van der Waals surface area (Å²) in [6, 6.07) is 24.1. The second-order valence-electron chi connectivity index (χ2n) is 7.90. The normalized spacial score (nSPS) is 15.5. The maximum absolute atomic E-state index is 13.8. The number of rotatable bonds is 5. The number of fused-ring (bicyclic) bond motifs is 1. The molecule has 2 heterocycles. The van der Waals surface area contributed by atoms with Crippen LogP contribution in [0.3, 0.4) is 0 Å². The van der Waals surface area contributed by atoms with Gasteiger partial charge < -0.3 is 4.74 Å². The van der Waals surface area contributed by atoms with Gasteiger partial charge in [-0.1, -0.05) is 84.1 Å². The van der Waals surface area contributed by atoms with Crippen molar-refractivity contribution >= 4 is 29.1 Å². The van der Waals surface area contributed by atoms with Crippen LogP contribution in [0.4, 0.5) is 4.39 Å². The third-order valence-electron chi connectivity index (χ3n) is 5.64. The van der Waals surface area contributed by atoms with Crippen molar-refractivity contribution in [1.82, 2.24) is 4.57 Å². The van der Waals surface area contributed by atoms with E-state index in [1.807, 2.05) is 60.7 Å². The minimum absolute atomic E-state index is 0.190. The summed E-state index contributed by atoms with van der Waals surface area (Å²) >= 11 is 1.21. The van der Waals surface area contributed by atoms with Gasteiger partial charge in [-0.25, -0.2) is 14.2 Å². The molecule has 0 spiro atoms. The summed E-state index contributed by atoms with van der Waals surface area (Å²) < 4.78 is 21.1. The Hall–Kier alpha value is -4.10. The first kappa shape index (κ1) is 22.7. The number of benzene rings is 3. The molecule has 0 saturated heterocycles. The Kier molecular flexibility index (Phi) is 6.25. The Morgan fingerprint density at radius 2 is 1.77 bits per heavy atom. The van der Waals surface area contributed by atoms with E-state index < -0.39 is 12.0 Å². The van der Waals surface area contributed by atoms with E-state index in [0.29, 0.717) is 26.2 Å². The highest BCUT2D eigenvalue weighted by atomic mass is 32.1. The van der Waals surface area contributed by atoms with Crippen molar-refractivity contribution < 1.29 is 13.9 Å². The first-order valence-corrected chi connectivity index (χ1v) is 12.0. The van der Waals surface area contributed by atoms with Gasteiger partial charge in [0.25, 0.3) is 5.56 Å².